The Morgan fingerprint density at radius 3 is 2.88 bits per heavy atom. The quantitative estimate of drug-likeness (QED) is 0.605. The van der Waals surface area contributed by atoms with Gasteiger partial charge in [0.15, 0.2) is 0 Å². The molecule has 0 fully saturated rings. The molecule has 1 aromatic heterocycles. The fourth-order valence-electron chi connectivity index (χ4n) is 1.54. The first kappa shape index (κ1) is 13.2. The van der Waals surface area contributed by atoms with E-state index in [-0.39, 0.29) is 5.91 Å². The average molecular weight is 237 g/mol. The van der Waals surface area contributed by atoms with Crippen molar-refractivity contribution in [2.24, 2.45) is 5.73 Å². The van der Waals surface area contributed by atoms with Gasteiger partial charge in [0.25, 0.3) is 0 Å². The molecular weight excluding hydrogens is 218 g/mol. The molecule has 0 bridgehead atoms. The van der Waals surface area contributed by atoms with Crippen LogP contribution in [0.15, 0.2) is 6.33 Å². The van der Waals surface area contributed by atoms with Gasteiger partial charge in [-0.2, -0.15) is 0 Å². The lowest BCUT2D eigenvalue weighted by Gasteiger charge is -2.11. The zero-order chi connectivity index (χ0) is 12.7. The van der Waals surface area contributed by atoms with E-state index < -0.39 is 0 Å². The van der Waals surface area contributed by atoms with Gasteiger partial charge in [-0.15, -0.1) is 0 Å². The minimum Gasteiger partial charge on any atom is -0.383 e. The number of hydrogen-bond donors (Lipinski definition) is 3. The second-order valence-electron chi connectivity index (χ2n) is 3.83. The van der Waals surface area contributed by atoms with E-state index in [1.165, 1.54) is 6.33 Å². The van der Waals surface area contributed by atoms with Crippen LogP contribution in [0.1, 0.15) is 31.7 Å². The molecule has 1 rings (SSSR count). The number of nitrogens with one attached hydrogen (secondary N) is 1. The highest BCUT2D eigenvalue weighted by atomic mass is 16.1. The number of hydrogen-bond acceptors (Lipinski definition) is 5. The summed E-state index contributed by atoms with van der Waals surface area (Å²) in [6.45, 7) is 2.72. The van der Waals surface area contributed by atoms with Crippen LogP contribution >= 0.6 is 0 Å². The Morgan fingerprint density at radius 2 is 2.24 bits per heavy atom. The first-order valence-corrected chi connectivity index (χ1v) is 5.76. The molecule has 0 aliphatic carbocycles. The van der Waals surface area contributed by atoms with Gasteiger partial charge in [0.1, 0.15) is 18.0 Å². The molecule has 17 heavy (non-hydrogen) atoms. The Bertz CT molecular complexity index is 380. The third kappa shape index (κ3) is 4.26. The summed E-state index contributed by atoms with van der Waals surface area (Å²) in [6.07, 6.45) is 4.31. The van der Waals surface area contributed by atoms with Crippen LogP contribution in [-0.2, 0) is 11.2 Å². The van der Waals surface area contributed by atoms with Gasteiger partial charge in [-0.3, -0.25) is 4.79 Å². The Hall–Kier alpha value is -1.85. The van der Waals surface area contributed by atoms with Crippen LogP contribution in [0, 0.1) is 0 Å². The number of anilines is 2. The smallest absolute Gasteiger partial charge is 0.217 e. The molecule has 0 unspecified atom stereocenters. The van der Waals surface area contributed by atoms with Gasteiger partial charge in [-0.05, 0) is 12.8 Å². The normalized spacial score (nSPS) is 10.2. The lowest BCUT2D eigenvalue weighted by atomic mass is 10.1. The van der Waals surface area contributed by atoms with Crippen LogP contribution in [0.3, 0.4) is 0 Å². The van der Waals surface area contributed by atoms with Crippen molar-refractivity contribution in [2.45, 2.75) is 32.6 Å². The fraction of sp³-hybridized carbons (Fsp3) is 0.545. The summed E-state index contributed by atoms with van der Waals surface area (Å²) >= 11 is 0. The lowest BCUT2D eigenvalue weighted by Crippen LogP contribution is -2.14. The first-order chi connectivity index (χ1) is 8.15. The van der Waals surface area contributed by atoms with Gasteiger partial charge in [0.2, 0.25) is 5.91 Å². The standard InChI is InChI=1S/C11H19N5O/c1-2-4-8-10(13)15-7-16-11(8)14-6-3-5-9(12)17/h7H,2-6H2,1H3,(H2,12,17)(H3,13,14,15,16). The number of nitrogens with zero attached hydrogens (tertiary/aromatic N) is 2. The number of primary amides is 1. The molecule has 1 amide bonds. The van der Waals surface area contributed by atoms with Crippen molar-refractivity contribution in [2.75, 3.05) is 17.6 Å². The number of nitrogens with two attached hydrogens (primary N) is 2. The molecule has 0 saturated carbocycles. The van der Waals surface area contributed by atoms with Crippen LogP contribution in [0.25, 0.3) is 0 Å². The largest absolute Gasteiger partial charge is 0.383 e. The highest BCUT2D eigenvalue weighted by molar-refractivity contribution is 5.73. The van der Waals surface area contributed by atoms with Gasteiger partial charge in [0.05, 0.1) is 0 Å². The van der Waals surface area contributed by atoms with Crippen molar-refractivity contribution in [1.29, 1.82) is 0 Å². The van der Waals surface area contributed by atoms with Crippen molar-refractivity contribution >= 4 is 17.5 Å². The highest BCUT2D eigenvalue weighted by Gasteiger charge is 2.07. The van der Waals surface area contributed by atoms with E-state index in [2.05, 4.69) is 22.2 Å². The number of carbonyl (C=O) groups is 1. The van der Waals surface area contributed by atoms with Crippen molar-refractivity contribution in [3.63, 3.8) is 0 Å². The Kier molecular flexibility index (Phi) is 5.19. The zero-order valence-electron chi connectivity index (χ0n) is 10.1. The predicted molar refractivity (Wildman–Crippen MR) is 67.4 cm³/mol. The number of rotatable bonds is 7. The molecule has 0 spiro atoms. The number of nitrogen functional groups attached to an aromatic ring is 1. The molecule has 0 aliphatic rings. The maximum absolute atomic E-state index is 10.6. The molecule has 0 atom stereocenters. The van der Waals surface area contributed by atoms with Gasteiger partial charge in [-0.1, -0.05) is 13.3 Å². The number of amides is 1. The van der Waals surface area contributed by atoms with Gasteiger partial charge < -0.3 is 16.8 Å². The molecule has 1 heterocycles. The predicted octanol–water partition coefficient (Wildman–Crippen LogP) is 0.689. The van der Waals surface area contributed by atoms with Crippen molar-refractivity contribution in [3.05, 3.63) is 11.9 Å². The molecule has 5 N–H and O–H groups in total. The second kappa shape index (κ2) is 6.67. The Labute approximate surface area is 101 Å². The molecule has 6 nitrogen and oxygen atoms in total. The van der Waals surface area contributed by atoms with E-state index in [9.17, 15) is 4.79 Å². The molecule has 6 heteroatoms. The number of aromatic nitrogens is 2. The molecule has 0 aromatic carbocycles. The SMILES string of the molecule is CCCc1c(N)ncnc1NCCCC(N)=O. The Balaban J connectivity index is 2.57. The van der Waals surface area contributed by atoms with Crippen LogP contribution in [-0.4, -0.2) is 22.4 Å². The summed E-state index contributed by atoms with van der Waals surface area (Å²) < 4.78 is 0. The zero-order valence-corrected chi connectivity index (χ0v) is 10.1. The fourth-order valence-corrected chi connectivity index (χ4v) is 1.54. The third-order valence-corrected chi connectivity index (χ3v) is 2.37. The average Bonchev–Trinajstić information content (AvgIpc) is 2.28. The van der Waals surface area contributed by atoms with Crippen LogP contribution in [0.2, 0.25) is 0 Å². The maximum atomic E-state index is 10.6. The van der Waals surface area contributed by atoms with E-state index in [0.717, 1.165) is 24.2 Å². The van der Waals surface area contributed by atoms with E-state index in [0.29, 0.717) is 25.2 Å². The summed E-state index contributed by atoms with van der Waals surface area (Å²) in [7, 11) is 0. The van der Waals surface area contributed by atoms with Crippen LogP contribution in [0.5, 0.6) is 0 Å². The lowest BCUT2D eigenvalue weighted by molar-refractivity contribution is -0.118. The molecule has 0 aliphatic heterocycles. The first-order valence-electron chi connectivity index (χ1n) is 5.76. The minimum atomic E-state index is -0.289. The van der Waals surface area contributed by atoms with E-state index >= 15 is 0 Å². The molecular formula is C11H19N5O. The molecule has 94 valence electrons. The summed E-state index contributed by atoms with van der Waals surface area (Å²) in [6, 6.07) is 0. The van der Waals surface area contributed by atoms with Gasteiger partial charge in [-0.25, -0.2) is 9.97 Å². The van der Waals surface area contributed by atoms with E-state index in [1.807, 2.05) is 0 Å². The summed E-state index contributed by atoms with van der Waals surface area (Å²) in [4.78, 5) is 18.7. The van der Waals surface area contributed by atoms with Crippen LogP contribution < -0.4 is 16.8 Å². The minimum absolute atomic E-state index is 0.289. The van der Waals surface area contributed by atoms with Crippen molar-refractivity contribution in [1.82, 2.24) is 9.97 Å². The van der Waals surface area contributed by atoms with Gasteiger partial charge in [0, 0.05) is 18.5 Å². The van der Waals surface area contributed by atoms with Crippen LogP contribution in [0.4, 0.5) is 11.6 Å². The highest BCUT2D eigenvalue weighted by Crippen LogP contribution is 2.18. The van der Waals surface area contributed by atoms with Gasteiger partial charge >= 0.3 is 0 Å². The summed E-state index contributed by atoms with van der Waals surface area (Å²) in [5.74, 6) is 0.978. The topological polar surface area (TPSA) is 107 Å². The van der Waals surface area contributed by atoms with E-state index in [1.54, 1.807) is 0 Å². The molecule has 1 aromatic rings. The third-order valence-electron chi connectivity index (χ3n) is 2.37. The number of carbonyl (C=O) groups excluding carboxylic acids is 1. The maximum Gasteiger partial charge on any atom is 0.217 e. The molecule has 0 radical (unpaired) electrons. The van der Waals surface area contributed by atoms with Crippen molar-refractivity contribution in [3.8, 4) is 0 Å². The Morgan fingerprint density at radius 1 is 1.47 bits per heavy atom. The summed E-state index contributed by atoms with van der Waals surface area (Å²) in [5.41, 5.74) is 11.8. The molecule has 0 saturated heterocycles. The summed E-state index contributed by atoms with van der Waals surface area (Å²) in [5, 5.41) is 3.16. The monoisotopic (exact) mass is 237 g/mol. The second-order valence-corrected chi connectivity index (χ2v) is 3.83. The van der Waals surface area contributed by atoms with Crippen molar-refractivity contribution < 1.29 is 4.79 Å². The van der Waals surface area contributed by atoms with E-state index in [4.69, 9.17) is 11.5 Å².